The molecule has 2 rings (SSSR count). The monoisotopic (exact) mass is 300 g/mol. The van der Waals surface area contributed by atoms with E-state index in [1.807, 2.05) is 25.0 Å². The number of likely N-dealkylation sites (tertiary alicyclic amines) is 1. The zero-order valence-corrected chi connectivity index (χ0v) is 12.2. The molecular weight excluding hydrogens is 280 g/mol. The highest BCUT2D eigenvalue weighted by atomic mass is 79.9. The first-order valence-corrected chi connectivity index (χ1v) is 7.03. The summed E-state index contributed by atoms with van der Waals surface area (Å²) in [5.74, 6) is 0.853. The van der Waals surface area contributed by atoms with Crippen LogP contribution in [0.15, 0.2) is 10.7 Å². The highest BCUT2D eigenvalue weighted by Gasteiger charge is 2.20. The fourth-order valence-electron chi connectivity index (χ4n) is 2.46. The minimum absolute atomic E-state index is 0.853. The molecule has 2 heterocycles. The summed E-state index contributed by atoms with van der Waals surface area (Å²) in [5, 5.41) is 7.54. The van der Waals surface area contributed by atoms with Gasteiger partial charge < -0.3 is 5.32 Å². The second kappa shape index (κ2) is 5.98. The molecule has 0 aromatic carbocycles. The molecule has 1 aliphatic rings. The van der Waals surface area contributed by atoms with Crippen molar-refractivity contribution in [3.8, 4) is 0 Å². The van der Waals surface area contributed by atoms with E-state index in [1.165, 1.54) is 31.6 Å². The van der Waals surface area contributed by atoms with E-state index in [1.54, 1.807) is 0 Å². The van der Waals surface area contributed by atoms with Crippen molar-refractivity contribution in [2.75, 3.05) is 26.7 Å². The highest BCUT2D eigenvalue weighted by Crippen LogP contribution is 2.21. The fraction of sp³-hybridized carbons (Fsp3) is 0.750. The van der Waals surface area contributed by atoms with Gasteiger partial charge in [-0.05, 0) is 61.4 Å². The van der Waals surface area contributed by atoms with E-state index in [9.17, 15) is 0 Å². The Hall–Kier alpha value is -0.390. The van der Waals surface area contributed by atoms with Gasteiger partial charge in [0.2, 0.25) is 0 Å². The lowest BCUT2D eigenvalue weighted by atomic mass is 9.97. The van der Waals surface area contributed by atoms with Gasteiger partial charge in [0.05, 0.1) is 16.4 Å². The predicted octanol–water partition coefficient (Wildman–Crippen LogP) is 1.61. The van der Waals surface area contributed by atoms with Crippen LogP contribution in [0.2, 0.25) is 0 Å². The van der Waals surface area contributed by atoms with E-state index in [0.717, 1.165) is 23.5 Å². The second-order valence-corrected chi connectivity index (χ2v) is 5.69. The van der Waals surface area contributed by atoms with Crippen LogP contribution in [0.1, 0.15) is 18.5 Å². The molecule has 0 radical (unpaired) electrons. The van der Waals surface area contributed by atoms with Crippen LogP contribution in [0.25, 0.3) is 0 Å². The van der Waals surface area contributed by atoms with Gasteiger partial charge in [0, 0.05) is 13.6 Å². The van der Waals surface area contributed by atoms with Gasteiger partial charge >= 0.3 is 0 Å². The Bertz CT molecular complexity index is 336. The van der Waals surface area contributed by atoms with Crippen molar-refractivity contribution in [3.63, 3.8) is 0 Å². The molecule has 0 bridgehead atoms. The maximum atomic E-state index is 4.26. The summed E-state index contributed by atoms with van der Waals surface area (Å²) in [6, 6.07) is 0. The number of halogens is 1. The van der Waals surface area contributed by atoms with Crippen molar-refractivity contribution < 1.29 is 0 Å². The van der Waals surface area contributed by atoms with Gasteiger partial charge in [0.25, 0.3) is 0 Å². The van der Waals surface area contributed by atoms with Gasteiger partial charge in [-0.3, -0.25) is 9.58 Å². The molecule has 0 amide bonds. The van der Waals surface area contributed by atoms with Gasteiger partial charge in [-0.1, -0.05) is 0 Å². The van der Waals surface area contributed by atoms with Crippen molar-refractivity contribution in [2.24, 2.45) is 13.0 Å². The summed E-state index contributed by atoms with van der Waals surface area (Å²) in [6.45, 7) is 4.56. The number of aryl methyl sites for hydroxylation is 1. The lowest BCUT2D eigenvalue weighted by Gasteiger charge is -2.31. The Kier molecular flexibility index (Phi) is 4.59. The first-order valence-electron chi connectivity index (χ1n) is 6.24. The molecule has 5 heteroatoms. The van der Waals surface area contributed by atoms with E-state index >= 15 is 0 Å². The first kappa shape index (κ1) is 13.1. The minimum Gasteiger partial charge on any atom is -0.319 e. The largest absolute Gasteiger partial charge is 0.319 e. The van der Waals surface area contributed by atoms with Gasteiger partial charge in [0.15, 0.2) is 0 Å². The third-order valence-corrected chi connectivity index (χ3v) is 4.25. The zero-order chi connectivity index (χ0) is 12.3. The SMILES string of the molecule is CNCC1CCN(Cc2c(Br)cnn2C)CC1. The third kappa shape index (κ3) is 3.30. The van der Waals surface area contributed by atoms with E-state index in [2.05, 4.69) is 31.2 Å². The molecule has 1 aromatic heterocycles. The van der Waals surface area contributed by atoms with Crippen molar-refractivity contribution in [1.29, 1.82) is 0 Å². The van der Waals surface area contributed by atoms with Gasteiger partial charge in [-0.15, -0.1) is 0 Å². The van der Waals surface area contributed by atoms with Crippen molar-refractivity contribution >= 4 is 15.9 Å². The molecule has 0 aliphatic carbocycles. The van der Waals surface area contributed by atoms with Gasteiger partial charge in [0.1, 0.15) is 0 Å². The lowest BCUT2D eigenvalue weighted by molar-refractivity contribution is 0.173. The van der Waals surface area contributed by atoms with Crippen LogP contribution in [0.4, 0.5) is 0 Å². The van der Waals surface area contributed by atoms with Crippen molar-refractivity contribution in [2.45, 2.75) is 19.4 Å². The molecule has 96 valence electrons. The summed E-state index contributed by atoms with van der Waals surface area (Å²) in [6.07, 6.45) is 4.48. The molecule has 0 atom stereocenters. The topological polar surface area (TPSA) is 33.1 Å². The van der Waals surface area contributed by atoms with Crippen LogP contribution >= 0.6 is 15.9 Å². The summed E-state index contributed by atoms with van der Waals surface area (Å²) >= 11 is 3.56. The van der Waals surface area contributed by atoms with E-state index < -0.39 is 0 Å². The number of hydrogen-bond donors (Lipinski definition) is 1. The second-order valence-electron chi connectivity index (χ2n) is 4.84. The number of hydrogen-bond acceptors (Lipinski definition) is 3. The van der Waals surface area contributed by atoms with Crippen molar-refractivity contribution in [3.05, 3.63) is 16.4 Å². The molecule has 1 aromatic rings. The number of nitrogens with zero attached hydrogens (tertiary/aromatic N) is 3. The minimum atomic E-state index is 0.853. The van der Waals surface area contributed by atoms with Crippen LogP contribution in [-0.4, -0.2) is 41.4 Å². The molecule has 1 N–H and O–H groups in total. The lowest BCUT2D eigenvalue weighted by Crippen LogP contribution is -2.36. The Labute approximate surface area is 111 Å². The maximum absolute atomic E-state index is 4.26. The third-order valence-electron chi connectivity index (χ3n) is 3.58. The van der Waals surface area contributed by atoms with Crippen molar-refractivity contribution in [1.82, 2.24) is 20.0 Å². The smallest absolute Gasteiger partial charge is 0.0663 e. The van der Waals surface area contributed by atoms with Crippen LogP contribution in [0, 0.1) is 5.92 Å². The molecule has 1 saturated heterocycles. The molecule has 0 saturated carbocycles. The van der Waals surface area contributed by atoms with Crippen LogP contribution in [0.3, 0.4) is 0 Å². The zero-order valence-electron chi connectivity index (χ0n) is 10.6. The molecule has 17 heavy (non-hydrogen) atoms. The van der Waals surface area contributed by atoms with Gasteiger partial charge in [-0.25, -0.2) is 0 Å². The molecule has 1 aliphatic heterocycles. The Morgan fingerprint density at radius 3 is 2.71 bits per heavy atom. The Balaban J connectivity index is 1.86. The molecule has 4 nitrogen and oxygen atoms in total. The number of aromatic nitrogens is 2. The molecular formula is C12H21BrN4. The highest BCUT2D eigenvalue weighted by molar-refractivity contribution is 9.10. The summed E-state index contributed by atoms with van der Waals surface area (Å²) in [7, 11) is 4.05. The summed E-state index contributed by atoms with van der Waals surface area (Å²) in [5.41, 5.74) is 1.28. The Morgan fingerprint density at radius 1 is 1.47 bits per heavy atom. The van der Waals surface area contributed by atoms with Crippen LogP contribution in [-0.2, 0) is 13.6 Å². The standard InChI is InChI=1S/C12H21BrN4/c1-14-7-10-3-5-17(6-4-10)9-12-11(13)8-15-16(12)2/h8,10,14H,3-7,9H2,1-2H3. The molecule has 0 spiro atoms. The number of nitrogens with one attached hydrogen (secondary N) is 1. The summed E-state index contributed by atoms with van der Waals surface area (Å²) in [4.78, 5) is 2.52. The maximum Gasteiger partial charge on any atom is 0.0663 e. The summed E-state index contributed by atoms with van der Waals surface area (Å²) < 4.78 is 3.08. The number of rotatable bonds is 4. The first-order chi connectivity index (χ1) is 8.20. The number of piperidine rings is 1. The van der Waals surface area contributed by atoms with E-state index in [-0.39, 0.29) is 0 Å². The predicted molar refractivity (Wildman–Crippen MR) is 72.8 cm³/mol. The fourth-order valence-corrected chi connectivity index (χ4v) is 2.94. The van der Waals surface area contributed by atoms with E-state index in [4.69, 9.17) is 0 Å². The molecule has 0 unspecified atom stereocenters. The Morgan fingerprint density at radius 2 is 2.18 bits per heavy atom. The van der Waals surface area contributed by atoms with E-state index in [0.29, 0.717) is 0 Å². The quantitative estimate of drug-likeness (QED) is 0.917. The van der Waals surface area contributed by atoms with Gasteiger partial charge in [-0.2, -0.15) is 5.10 Å². The normalized spacial score (nSPS) is 18.8. The van der Waals surface area contributed by atoms with Crippen LogP contribution < -0.4 is 5.32 Å². The molecule has 1 fully saturated rings. The van der Waals surface area contributed by atoms with Crippen LogP contribution in [0.5, 0.6) is 0 Å². The average molecular weight is 301 g/mol. The average Bonchev–Trinajstić information content (AvgIpc) is 2.64.